The summed E-state index contributed by atoms with van der Waals surface area (Å²) in [6, 6.07) is 12.9. The Balaban J connectivity index is 1.67. The van der Waals surface area contributed by atoms with Crippen molar-refractivity contribution < 1.29 is 19.4 Å². The van der Waals surface area contributed by atoms with Gasteiger partial charge in [-0.3, -0.25) is 14.6 Å². The van der Waals surface area contributed by atoms with Crippen LogP contribution in [-0.4, -0.2) is 34.2 Å². The summed E-state index contributed by atoms with van der Waals surface area (Å²) < 4.78 is 5.22. The first-order valence-corrected chi connectivity index (χ1v) is 11.8. The highest BCUT2D eigenvalue weighted by molar-refractivity contribution is 5.86. The molecule has 0 aliphatic heterocycles. The molecule has 35 heavy (non-hydrogen) atoms. The van der Waals surface area contributed by atoms with Crippen LogP contribution in [0.15, 0.2) is 59.5 Å². The van der Waals surface area contributed by atoms with Gasteiger partial charge in [0.25, 0.3) is 0 Å². The molecule has 0 saturated carbocycles. The molecular formula is C27H33N3O5. The highest BCUT2D eigenvalue weighted by Gasteiger charge is 2.37. The number of aliphatic hydroxyl groups is 1. The van der Waals surface area contributed by atoms with Gasteiger partial charge in [-0.15, -0.1) is 0 Å². The van der Waals surface area contributed by atoms with E-state index in [1.54, 1.807) is 24.4 Å². The van der Waals surface area contributed by atoms with Gasteiger partial charge in [-0.2, -0.15) is 0 Å². The zero-order valence-electron chi connectivity index (χ0n) is 20.5. The van der Waals surface area contributed by atoms with Crippen LogP contribution >= 0.6 is 0 Å². The maximum absolute atomic E-state index is 13.2. The molecule has 3 N–H and O–H groups in total. The third-order valence-corrected chi connectivity index (χ3v) is 5.80. The third kappa shape index (κ3) is 6.99. The summed E-state index contributed by atoms with van der Waals surface area (Å²) in [6.07, 6.45) is 0.0937. The van der Waals surface area contributed by atoms with E-state index in [1.807, 2.05) is 58.0 Å². The van der Waals surface area contributed by atoms with Gasteiger partial charge in [-0.25, -0.2) is 4.79 Å². The fraction of sp³-hybridized carbons (Fsp3) is 0.407. The Morgan fingerprint density at radius 2 is 1.69 bits per heavy atom. The van der Waals surface area contributed by atoms with Crippen LogP contribution in [0.3, 0.4) is 0 Å². The molecule has 0 spiro atoms. The molecule has 0 aliphatic rings. The number of rotatable bonds is 11. The summed E-state index contributed by atoms with van der Waals surface area (Å²) in [5, 5.41) is 16.5. The maximum atomic E-state index is 13.2. The molecule has 0 unspecified atom stereocenters. The number of amides is 2. The average Bonchev–Trinajstić information content (AvgIpc) is 3.51. The summed E-state index contributed by atoms with van der Waals surface area (Å²) in [7, 11) is 0. The van der Waals surface area contributed by atoms with Crippen LogP contribution in [0.4, 0.5) is 4.79 Å². The van der Waals surface area contributed by atoms with Crippen molar-refractivity contribution >= 4 is 12.0 Å². The molecule has 0 aliphatic carbocycles. The molecule has 186 valence electrons. The number of carbonyl (C=O) groups is 2. The number of aromatic nitrogens is 1. The second-order valence-electron chi connectivity index (χ2n) is 9.43. The van der Waals surface area contributed by atoms with Gasteiger partial charge in [0.15, 0.2) is 5.43 Å². The summed E-state index contributed by atoms with van der Waals surface area (Å²) in [6.45, 7) is 7.58. The maximum Gasteiger partial charge on any atom is 0.408 e. The van der Waals surface area contributed by atoms with E-state index in [4.69, 9.17) is 4.74 Å². The van der Waals surface area contributed by atoms with Crippen molar-refractivity contribution in [3.05, 3.63) is 76.2 Å². The summed E-state index contributed by atoms with van der Waals surface area (Å²) in [5.41, 5.74) is 1.95. The van der Waals surface area contributed by atoms with Crippen molar-refractivity contribution in [2.24, 2.45) is 11.8 Å². The molecule has 3 aromatic rings. The number of hydrogen-bond acceptors (Lipinski definition) is 6. The van der Waals surface area contributed by atoms with Gasteiger partial charge < -0.3 is 20.5 Å². The third-order valence-electron chi connectivity index (χ3n) is 5.80. The van der Waals surface area contributed by atoms with Gasteiger partial charge in [0, 0.05) is 17.3 Å². The predicted molar refractivity (Wildman–Crippen MR) is 133 cm³/mol. The van der Waals surface area contributed by atoms with E-state index in [1.165, 1.54) is 0 Å². The second kappa shape index (κ2) is 11.8. The van der Waals surface area contributed by atoms with Crippen LogP contribution in [0, 0.1) is 11.8 Å². The molecule has 3 rings (SSSR count). The van der Waals surface area contributed by atoms with Crippen molar-refractivity contribution in [3.63, 3.8) is 0 Å². The van der Waals surface area contributed by atoms with Gasteiger partial charge in [0.05, 0.1) is 11.7 Å². The SMILES string of the molecule is CC(C)C[C@H](NC(=O)OCc1ccccn1)C(=O)N[C@@H](C(C)C)[C@@H](O)c1c(-c2ccccc2)c1=O. The van der Waals surface area contributed by atoms with E-state index >= 15 is 0 Å². The van der Waals surface area contributed by atoms with E-state index in [0.29, 0.717) is 23.2 Å². The highest BCUT2D eigenvalue weighted by Crippen LogP contribution is 2.33. The molecule has 2 amide bonds. The second-order valence-corrected chi connectivity index (χ2v) is 9.43. The Morgan fingerprint density at radius 1 is 1.00 bits per heavy atom. The molecule has 0 bridgehead atoms. The van der Waals surface area contributed by atoms with Crippen molar-refractivity contribution in [1.82, 2.24) is 15.6 Å². The molecular weight excluding hydrogens is 446 g/mol. The van der Waals surface area contributed by atoms with Gasteiger partial charge in [0.2, 0.25) is 5.91 Å². The summed E-state index contributed by atoms with van der Waals surface area (Å²) in [4.78, 5) is 42.1. The van der Waals surface area contributed by atoms with E-state index in [2.05, 4.69) is 15.6 Å². The Kier molecular flexibility index (Phi) is 8.76. The van der Waals surface area contributed by atoms with Crippen LogP contribution in [0.1, 0.15) is 51.5 Å². The van der Waals surface area contributed by atoms with E-state index in [-0.39, 0.29) is 23.9 Å². The number of aliphatic hydroxyl groups excluding tert-OH is 1. The van der Waals surface area contributed by atoms with Crippen molar-refractivity contribution in [3.8, 4) is 11.1 Å². The fourth-order valence-corrected chi connectivity index (χ4v) is 3.92. The summed E-state index contributed by atoms with van der Waals surface area (Å²) >= 11 is 0. The minimum absolute atomic E-state index is 0.0193. The molecule has 8 nitrogen and oxygen atoms in total. The Bertz CT molecular complexity index is 1120. The molecule has 2 aromatic carbocycles. The zero-order chi connectivity index (χ0) is 25.5. The number of nitrogens with one attached hydrogen (secondary N) is 2. The molecule has 0 radical (unpaired) electrons. The van der Waals surface area contributed by atoms with Crippen molar-refractivity contribution in [1.29, 1.82) is 0 Å². The van der Waals surface area contributed by atoms with Crippen molar-refractivity contribution in [2.75, 3.05) is 0 Å². The normalized spacial score (nSPS) is 14.0. The number of benzene rings is 1. The zero-order valence-corrected chi connectivity index (χ0v) is 20.5. The molecule has 0 fully saturated rings. The van der Waals surface area contributed by atoms with E-state index in [0.717, 1.165) is 5.56 Å². The van der Waals surface area contributed by atoms with Gasteiger partial charge in [-0.1, -0.05) is 64.1 Å². The lowest BCUT2D eigenvalue weighted by Crippen LogP contribution is -2.52. The van der Waals surface area contributed by atoms with Crippen LogP contribution in [0.5, 0.6) is 0 Å². The van der Waals surface area contributed by atoms with Crippen LogP contribution in [0.25, 0.3) is 11.1 Å². The molecule has 0 saturated heterocycles. The molecule has 1 heterocycles. The average molecular weight is 480 g/mol. The smallest absolute Gasteiger partial charge is 0.408 e. The van der Waals surface area contributed by atoms with Crippen molar-refractivity contribution in [2.45, 2.75) is 58.9 Å². The minimum Gasteiger partial charge on any atom is -0.443 e. The Hall–Kier alpha value is -3.52. The lowest BCUT2D eigenvalue weighted by Gasteiger charge is -2.29. The number of hydrogen-bond donors (Lipinski definition) is 3. The Labute approximate surface area is 205 Å². The lowest BCUT2D eigenvalue weighted by atomic mass is 9.95. The molecule has 3 atom stereocenters. The number of nitrogens with zero attached hydrogens (tertiary/aromatic N) is 1. The Morgan fingerprint density at radius 3 is 2.29 bits per heavy atom. The van der Waals surface area contributed by atoms with Crippen LogP contribution < -0.4 is 16.1 Å². The fourth-order valence-electron chi connectivity index (χ4n) is 3.92. The topological polar surface area (TPSA) is 118 Å². The minimum atomic E-state index is -1.16. The van der Waals surface area contributed by atoms with E-state index in [9.17, 15) is 19.5 Å². The lowest BCUT2D eigenvalue weighted by molar-refractivity contribution is -0.125. The quantitative estimate of drug-likeness (QED) is 0.387. The number of pyridine rings is 1. The number of alkyl carbamates (subject to hydrolysis) is 1. The number of ether oxygens (including phenoxy) is 1. The molecule has 8 heteroatoms. The van der Waals surface area contributed by atoms with Gasteiger partial charge >= 0.3 is 6.09 Å². The van der Waals surface area contributed by atoms with Gasteiger partial charge in [0.1, 0.15) is 18.8 Å². The first-order valence-electron chi connectivity index (χ1n) is 11.8. The predicted octanol–water partition coefficient (Wildman–Crippen LogP) is 3.50. The van der Waals surface area contributed by atoms with Crippen LogP contribution in [0.2, 0.25) is 0 Å². The standard InChI is InChI=1S/C27H33N3O5/c1-16(2)14-20(29-27(34)35-15-19-12-8-9-13-28-19)26(33)30-23(17(3)4)25(32)22-21(24(22)31)18-10-6-5-7-11-18/h5-13,16-17,20,23,25,32H,14-15H2,1-4H3,(H,29,34)(H,30,33)/t20-,23-,25-/m0/s1. The monoisotopic (exact) mass is 479 g/mol. The summed E-state index contributed by atoms with van der Waals surface area (Å²) in [5.74, 6) is -0.495. The van der Waals surface area contributed by atoms with E-state index < -0.39 is 30.2 Å². The van der Waals surface area contributed by atoms with Crippen LogP contribution in [-0.2, 0) is 16.1 Å². The number of carbonyl (C=O) groups excluding carboxylic acids is 2. The largest absolute Gasteiger partial charge is 0.443 e. The first kappa shape index (κ1) is 26.1. The first-order chi connectivity index (χ1) is 16.7. The van der Waals surface area contributed by atoms with Gasteiger partial charge in [-0.05, 0) is 36.0 Å². The highest BCUT2D eigenvalue weighted by atomic mass is 16.5. The molecule has 1 aromatic heterocycles.